The van der Waals surface area contributed by atoms with Gasteiger partial charge in [0.1, 0.15) is 0 Å². The predicted molar refractivity (Wildman–Crippen MR) is 75.7 cm³/mol. The fraction of sp³-hybridized carbons (Fsp3) is 0.667. The van der Waals surface area contributed by atoms with E-state index in [0.29, 0.717) is 0 Å². The molecule has 100 valence electrons. The molecule has 0 radical (unpaired) electrons. The van der Waals surface area contributed by atoms with Crippen LogP contribution in [0.4, 0.5) is 0 Å². The number of hydrogen-bond donors (Lipinski definition) is 1. The summed E-state index contributed by atoms with van der Waals surface area (Å²) in [5.41, 5.74) is 1.42. The number of nitrogens with one attached hydrogen (secondary N) is 1. The first-order chi connectivity index (χ1) is 8.95. The monoisotopic (exact) mass is 247 g/mol. The lowest BCUT2D eigenvalue weighted by Crippen LogP contribution is -2.29. The van der Waals surface area contributed by atoms with Crippen molar-refractivity contribution < 1.29 is 0 Å². The summed E-state index contributed by atoms with van der Waals surface area (Å²) in [6.07, 6.45) is 10.3. The average Bonchev–Trinajstić information content (AvgIpc) is 2.68. The third kappa shape index (κ3) is 5.15. The molecule has 0 aromatic carbocycles. The van der Waals surface area contributed by atoms with Crippen molar-refractivity contribution in [2.75, 3.05) is 32.7 Å². The molecule has 1 saturated heterocycles. The zero-order valence-electron chi connectivity index (χ0n) is 11.3. The average molecular weight is 247 g/mol. The lowest BCUT2D eigenvalue weighted by atomic mass is 10.1. The van der Waals surface area contributed by atoms with Gasteiger partial charge in [0.05, 0.1) is 0 Å². The summed E-state index contributed by atoms with van der Waals surface area (Å²) in [6, 6.07) is 4.25. The van der Waals surface area contributed by atoms with Gasteiger partial charge in [-0.2, -0.15) is 0 Å². The Morgan fingerprint density at radius 2 is 1.94 bits per heavy atom. The van der Waals surface area contributed by atoms with Gasteiger partial charge >= 0.3 is 0 Å². The number of aryl methyl sites for hydroxylation is 1. The van der Waals surface area contributed by atoms with Crippen molar-refractivity contribution in [1.29, 1.82) is 0 Å². The quantitative estimate of drug-likeness (QED) is 0.780. The first-order valence-electron chi connectivity index (χ1n) is 7.27. The van der Waals surface area contributed by atoms with Gasteiger partial charge < -0.3 is 10.2 Å². The Balaban J connectivity index is 1.53. The van der Waals surface area contributed by atoms with Crippen molar-refractivity contribution in [2.24, 2.45) is 0 Å². The molecule has 0 saturated carbocycles. The Bertz CT molecular complexity index is 305. The zero-order valence-corrected chi connectivity index (χ0v) is 11.3. The van der Waals surface area contributed by atoms with E-state index in [4.69, 9.17) is 0 Å². The van der Waals surface area contributed by atoms with Gasteiger partial charge in [0, 0.05) is 25.5 Å². The van der Waals surface area contributed by atoms with E-state index >= 15 is 0 Å². The Morgan fingerprint density at radius 1 is 1.06 bits per heavy atom. The summed E-state index contributed by atoms with van der Waals surface area (Å²) in [4.78, 5) is 6.65. The fourth-order valence-corrected chi connectivity index (χ4v) is 2.52. The number of pyridine rings is 1. The second kappa shape index (κ2) is 8.22. The van der Waals surface area contributed by atoms with Gasteiger partial charge in [0.2, 0.25) is 0 Å². The molecule has 1 aromatic heterocycles. The van der Waals surface area contributed by atoms with Gasteiger partial charge in [-0.25, -0.2) is 0 Å². The molecule has 1 aliphatic heterocycles. The summed E-state index contributed by atoms with van der Waals surface area (Å²) < 4.78 is 0. The molecular weight excluding hydrogens is 222 g/mol. The van der Waals surface area contributed by atoms with Crippen molar-refractivity contribution in [1.82, 2.24) is 15.2 Å². The highest BCUT2D eigenvalue weighted by Gasteiger charge is 2.07. The standard InChI is InChI=1S/C15H25N3/c1(2-5-15-6-9-17-10-7-15)3-12-18-13-4-8-16-11-14-18/h6-7,9-10,16H,1-5,8,11-14H2. The van der Waals surface area contributed by atoms with Gasteiger partial charge in [0.15, 0.2) is 0 Å². The Hall–Kier alpha value is -0.930. The minimum absolute atomic E-state index is 1.16. The molecule has 3 nitrogen and oxygen atoms in total. The van der Waals surface area contributed by atoms with Crippen LogP contribution in [0.25, 0.3) is 0 Å². The van der Waals surface area contributed by atoms with Crippen LogP contribution in [-0.4, -0.2) is 42.6 Å². The number of nitrogens with zero attached hydrogens (tertiary/aromatic N) is 2. The molecule has 3 heteroatoms. The molecule has 0 atom stereocenters. The van der Waals surface area contributed by atoms with E-state index in [-0.39, 0.29) is 0 Å². The molecule has 2 rings (SSSR count). The van der Waals surface area contributed by atoms with Crippen molar-refractivity contribution in [3.8, 4) is 0 Å². The third-order valence-electron chi connectivity index (χ3n) is 3.62. The molecule has 1 N–H and O–H groups in total. The first kappa shape index (κ1) is 13.5. The summed E-state index contributed by atoms with van der Waals surface area (Å²) in [7, 11) is 0. The number of rotatable bonds is 6. The summed E-state index contributed by atoms with van der Waals surface area (Å²) >= 11 is 0. The van der Waals surface area contributed by atoms with Gasteiger partial charge in [-0.15, -0.1) is 0 Å². The molecule has 1 aliphatic rings. The van der Waals surface area contributed by atoms with Crippen LogP contribution >= 0.6 is 0 Å². The van der Waals surface area contributed by atoms with E-state index in [0.717, 1.165) is 6.54 Å². The number of aromatic nitrogens is 1. The Morgan fingerprint density at radius 3 is 2.83 bits per heavy atom. The highest BCUT2D eigenvalue weighted by molar-refractivity contribution is 5.09. The molecule has 0 bridgehead atoms. The number of hydrogen-bond acceptors (Lipinski definition) is 3. The Labute approximate surface area is 111 Å². The van der Waals surface area contributed by atoms with Gasteiger partial charge in [-0.1, -0.05) is 6.42 Å². The maximum absolute atomic E-state index is 4.05. The van der Waals surface area contributed by atoms with Crippen LogP contribution in [0.15, 0.2) is 24.5 Å². The van der Waals surface area contributed by atoms with E-state index in [2.05, 4.69) is 27.3 Å². The maximum Gasteiger partial charge on any atom is 0.0270 e. The second-order valence-corrected chi connectivity index (χ2v) is 5.11. The van der Waals surface area contributed by atoms with Crippen LogP contribution in [0.5, 0.6) is 0 Å². The SMILES string of the molecule is c1cc(CCCCCN2CCCNCC2)ccn1. The van der Waals surface area contributed by atoms with E-state index < -0.39 is 0 Å². The van der Waals surface area contributed by atoms with E-state index in [1.54, 1.807) is 0 Å². The van der Waals surface area contributed by atoms with Crippen LogP contribution in [0, 0.1) is 0 Å². The largest absolute Gasteiger partial charge is 0.315 e. The van der Waals surface area contributed by atoms with E-state index in [9.17, 15) is 0 Å². The second-order valence-electron chi connectivity index (χ2n) is 5.11. The van der Waals surface area contributed by atoms with Gasteiger partial charge in [-0.05, 0) is 63.0 Å². The summed E-state index contributed by atoms with van der Waals surface area (Å²) in [5, 5.41) is 3.45. The van der Waals surface area contributed by atoms with Gasteiger partial charge in [0.25, 0.3) is 0 Å². The molecule has 1 fully saturated rings. The smallest absolute Gasteiger partial charge is 0.0270 e. The third-order valence-corrected chi connectivity index (χ3v) is 3.62. The van der Waals surface area contributed by atoms with E-state index in [1.807, 2.05) is 12.4 Å². The molecule has 0 unspecified atom stereocenters. The lowest BCUT2D eigenvalue weighted by Gasteiger charge is -2.18. The van der Waals surface area contributed by atoms with Crippen LogP contribution in [0.2, 0.25) is 0 Å². The minimum Gasteiger partial charge on any atom is -0.315 e. The highest BCUT2D eigenvalue weighted by atomic mass is 15.1. The van der Waals surface area contributed by atoms with Crippen LogP contribution in [-0.2, 0) is 6.42 Å². The zero-order chi connectivity index (χ0) is 12.5. The molecule has 0 aliphatic carbocycles. The van der Waals surface area contributed by atoms with Crippen molar-refractivity contribution in [3.63, 3.8) is 0 Å². The van der Waals surface area contributed by atoms with Crippen LogP contribution in [0.3, 0.4) is 0 Å². The molecule has 0 spiro atoms. The minimum atomic E-state index is 1.16. The van der Waals surface area contributed by atoms with Crippen LogP contribution < -0.4 is 5.32 Å². The predicted octanol–water partition coefficient (Wildman–Crippen LogP) is 2.09. The topological polar surface area (TPSA) is 28.2 Å². The molecule has 1 aromatic rings. The fourth-order valence-electron chi connectivity index (χ4n) is 2.52. The number of unbranched alkanes of at least 4 members (excludes halogenated alkanes) is 2. The van der Waals surface area contributed by atoms with Crippen LogP contribution in [0.1, 0.15) is 31.2 Å². The van der Waals surface area contributed by atoms with E-state index in [1.165, 1.54) is 63.8 Å². The van der Waals surface area contributed by atoms with Gasteiger partial charge in [-0.3, -0.25) is 4.98 Å². The van der Waals surface area contributed by atoms with Crippen molar-refractivity contribution in [3.05, 3.63) is 30.1 Å². The highest BCUT2D eigenvalue weighted by Crippen LogP contribution is 2.06. The van der Waals surface area contributed by atoms with Crippen molar-refractivity contribution in [2.45, 2.75) is 32.1 Å². The summed E-state index contributed by atoms with van der Waals surface area (Å²) in [6.45, 7) is 6.13. The normalized spacial score (nSPS) is 17.6. The molecular formula is C15H25N3. The molecule has 18 heavy (non-hydrogen) atoms. The lowest BCUT2D eigenvalue weighted by molar-refractivity contribution is 0.285. The summed E-state index contributed by atoms with van der Waals surface area (Å²) in [5.74, 6) is 0. The first-order valence-corrected chi connectivity index (χ1v) is 7.27. The Kier molecular flexibility index (Phi) is 6.17. The molecule has 0 amide bonds. The maximum atomic E-state index is 4.05. The molecule has 2 heterocycles. The van der Waals surface area contributed by atoms with Crippen molar-refractivity contribution >= 4 is 0 Å².